The van der Waals surface area contributed by atoms with Crippen LogP contribution < -0.4 is 11.1 Å². The van der Waals surface area contributed by atoms with Crippen LogP contribution >= 0.6 is 11.8 Å². The first kappa shape index (κ1) is 32.4. The second-order valence-electron chi connectivity index (χ2n) is 13.7. The first-order chi connectivity index (χ1) is 21.9. The number of hydrogen-bond donors (Lipinski definition) is 3. The van der Waals surface area contributed by atoms with E-state index in [0.717, 1.165) is 24.1 Å². The van der Waals surface area contributed by atoms with E-state index in [1.807, 2.05) is 23.9 Å². The van der Waals surface area contributed by atoms with Crippen LogP contribution in [0.25, 0.3) is 11.8 Å². The number of allylic oxidation sites excluding steroid dienone is 1. The van der Waals surface area contributed by atoms with Crippen LogP contribution in [0, 0.1) is 28.6 Å². The van der Waals surface area contributed by atoms with E-state index in [4.69, 9.17) is 15.6 Å². The van der Waals surface area contributed by atoms with Gasteiger partial charge in [-0.3, -0.25) is 19.2 Å². The minimum atomic E-state index is -1.46. The summed E-state index contributed by atoms with van der Waals surface area (Å²) >= 11 is 0.557. The predicted molar refractivity (Wildman–Crippen MR) is 170 cm³/mol. The fourth-order valence-corrected chi connectivity index (χ4v) is 10.1. The van der Waals surface area contributed by atoms with Gasteiger partial charge in [-0.15, -0.1) is 0 Å². The number of halogens is 1. The van der Waals surface area contributed by atoms with Crippen LogP contribution in [0.2, 0.25) is 0 Å². The summed E-state index contributed by atoms with van der Waals surface area (Å²) in [5.41, 5.74) is 6.81. The van der Waals surface area contributed by atoms with Crippen LogP contribution in [0.1, 0.15) is 80.9 Å². The monoisotopic (exact) mass is 652 g/mol. The highest BCUT2D eigenvalue weighted by atomic mass is 32.2. The van der Waals surface area contributed by atoms with Gasteiger partial charge >= 0.3 is 5.97 Å². The first-order valence-electron chi connectivity index (χ1n) is 16.0. The van der Waals surface area contributed by atoms with E-state index in [0.29, 0.717) is 42.3 Å². The van der Waals surface area contributed by atoms with E-state index in [1.165, 1.54) is 5.57 Å². The van der Waals surface area contributed by atoms with E-state index in [1.54, 1.807) is 25.1 Å². The molecule has 246 valence electrons. The normalized spacial score (nSPS) is 32.7. The van der Waals surface area contributed by atoms with E-state index < -0.39 is 46.0 Å². The molecule has 4 aliphatic rings. The Kier molecular flexibility index (Phi) is 8.42. The summed E-state index contributed by atoms with van der Waals surface area (Å²) in [6, 6.07) is 6.12. The number of alkyl halides is 1. The number of carbonyl (C=O) groups is 4. The number of hydrogen-bond acceptors (Lipinski definition) is 8. The van der Waals surface area contributed by atoms with Gasteiger partial charge in [0.25, 0.3) is 5.91 Å². The summed E-state index contributed by atoms with van der Waals surface area (Å²) < 4.78 is 21.3. The number of aromatic nitrogens is 2. The molecule has 0 radical (unpaired) electrons. The lowest BCUT2D eigenvalue weighted by molar-refractivity contribution is -0.196. The lowest BCUT2D eigenvalue weighted by Gasteiger charge is -2.60. The molecule has 2 amide bonds. The molecule has 4 N–H and O–H groups in total. The molecule has 46 heavy (non-hydrogen) atoms. The summed E-state index contributed by atoms with van der Waals surface area (Å²) in [6.07, 6.45) is 6.93. The maximum absolute atomic E-state index is 13.5. The van der Waals surface area contributed by atoms with Gasteiger partial charge in [0.1, 0.15) is 6.01 Å². The molecule has 0 bridgehead atoms. The number of aliphatic hydroxyl groups is 1. The van der Waals surface area contributed by atoms with Gasteiger partial charge < -0.3 is 20.9 Å². The average Bonchev–Trinajstić information content (AvgIpc) is 3.56. The molecular weight excluding hydrogens is 611 g/mol. The number of amides is 2. The number of aliphatic hydroxyl groups excluding tert-OH is 1. The van der Waals surface area contributed by atoms with Gasteiger partial charge in [-0.1, -0.05) is 32.4 Å². The Hall–Kier alpha value is -3.51. The fraction of sp³-hybridized carbons (Fsp3) is 0.559. The lowest BCUT2D eigenvalue weighted by Crippen LogP contribution is -2.62. The molecule has 2 aromatic rings. The van der Waals surface area contributed by atoms with Crippen molar-refractivity contribution < 1.29 is 33.4 Å². The number of nitrogens with two attached hydrogens (primary N) is 1. The number of benzene rings is 1. The van der Waals surface area contributed by atoms with Crippen LogP contribution in [0.15, 0.2) is 36.0 Å². The number of fused-ring (bicyclic) bond motifs is 6. The Morgan fingerprint density at radius 2 is 2.02 bits per heavy atom. The third-order valence-electron chi connectivity index (χ3n) is 11.4. The predicted octanol–water partition coefficient (Wildman–Crippen LogP) is 4.12. The number of nitrogens with one attached hydrogen (secondary N) is 1. The molecule has 3 fully saturated rings. The highest BCUT2D eigenvalue weighted by Gasteiger charge is 2.70. The van der Waals surface area contributed by atoms with Crippen molar-refractivity contribution in [3.63, 3.8) is 0 Å². The highest BCUT2D eigenvalue weighted by Crippen LogP contribution is 2.68. The van der Waals surface area contributed by atoms with Crippen molar-refractivity contribution in [3.8, 4) is 5.69 Å². The zero-order valence-electron chi connectivity index (χ0n) is 26.4. The molecule has 1 heterocycles. The van der Waals surface area contributed by atoms with Gasteiger partial charge in [-0.2, -0.15) is 5.10 Å². The molecule has 3 saturated carbocycles. The lowest BCUT2D eigenvalue weighted by atomic mass is 9.45. The maximum Gasteiger partial charge on any atom is 0.306 e. The third kappa shape index (κ3) is 4.99. The van der Waals surface area contributed by atoms with Crippen LogP contribution in [0.5, 0.6) is 0 Å². The van der Waals surface area contributed by atoms with E-state index >= 15 is 0 Å². The molecule has 10 nitrogen and oxygen atoms in total. The van der Waals surface area contributed by atoms with Crippen molar-refractivity contribution in [2.24, 2.45) is 34.3 Å². The van der Waals surface area contributed by atoms with Crippen molar-refractivity contribution in [1.29, 1.82) is 0 Å². The Bertz CT molecular complexity index is 1630. The van der Waals surface area contributed by atoms with Crippen molar-refractivity contribution in [2.75, 3.05) is 12.6 Å². The minimum Gasteiger partial charge on any atom is -0.449 e. The second-order valence-corrected chi connectivity index (χ2v) is 14.6. The van der Waals surface area contributed by atoms with Crippen LogP contribution in [-0.4, -0.2) is 62.0 Å². The minimum absolute atomic E-state index is 0.0284. The Balaban J connectivity index is 1.31. The standard InChI is InChI=1S/C34H41FN4O6S/c1-4-28(42)45-34(31(44)46-18-35)11-10-24-23-9-8-21-13-25-20(14-32(21,2)29(23)26(40)15-33(24,34)3)16-38-39(25)22-7-5-6-19(12-22)30(43)37-17-27(36)41/h5-7,12-13,16,23-24,26,29,40H,4,8-11,14-15,17-18H2,1-3H3,(H2,36,41)(H,37,43)/t23-,24-,26-,29+,32-,33-,34-/m0/s1. The number of nitrogens with zero attached hydrogens (tertiary/aromatic N) is 2. The van der Waals surface area contributed by atoms with Crippen molar-refractivity contribution in [2.45, 2.75) is 77.4 Å². The Morgan fingerprint density at radius 3 is 2.74 bits per heavy atom. The highest BCUT2D eigenvalue weighted by molar-refractivity contribution is 8.13. The molecule has 0 unspecified atom stereocenters. The second kappa shape index (κ2) is 11.9. The number of primary amides is 1. The molecule has 0 spiro atoms. The van der Waals surface area contributed by atoms with E-state index in [9.17, 15) is 28.7 Å². The van der Waals surface area contributed by atoms with E-state index in [-0.39, 0.29) is 42.6 Å². The summed E-state index contributed by atoms with van der Waals surface area (Å²) in [5.74, 6) is -1.48. The van der Waals surface area contributed by atoms with Crippen molar-refractivity contribution in [1.82, 2.24) is 15.1 Å². The van der Waals surface area contributed by atoms with E-state index in [2.05, 4.69) is 18.3 Å². The summed E-state index contributed by atoms with van der Waals surface area (Å²) in [7, 11) is 0. The van der Waals surface area contributed by atoms with Crippen molar-refractivity contribution >= 4 is 40.7 Å². The number of carbonyl (C=O) groups excluding carboxylic acids is 4. The first-order valence-corrected chi connectivity index (χ1v) is 16.9. The maximum atomic E-state index is 13.5. The fourth-order valence-electron chi connectivity index (χ4n) is 9.40. The number of thioether (sulfide) groups is 1. The van der Waals surface area contributed by atoms with Gasteiger partial charge in [0.05, 0.1) is 30.2 Å². The molecule has 4 aliphatic carbocycles. The molecule has 1 aromatic heterocycles. The quantitative estimate of drug-likeness (QED) is 0.360. The number of rotatable bonds is 8. The SMILES string of the molecule is CCC(=O)O[C@]1(C(=O)SCF)CC[C@H]2[C@@H]3CCC4=Cc5c(cnn5-c5cccc(C(=O)NCC(N)=O)c5)C[C@]4(C)[C@H]3[C@@H](O)C[C@@]21C. The average molecular weight is 653 g/mol. The largest absolute Gasteiger partial charge is 0.449 e. The zero-order chi connectivity index (χ0) is 33.0. The van der Waals surface area contributed by atoms with Crippen molar-refractivity contribution in [3.05, 3.63) is 52.9 Å². The topological polar surface area (TPSA) is 154 Å². The molecule has 0 saturated heterocycles. The summed E-state index contributed by atoms with van der Waals surface area (Å²) in [5, 5.41) is 18.8. The van der Waals surface area contributed by atoms with Crippen LogP contribution in [0.4, 0.5) is 4.39 Å². The van der Waals surface area contributed by atoms with Gasteiger partial charge in [-0.05, 0) is 103 Å². The zero-order valence-corrected chi connectivity index (χ0v) is 27.2. The van der Waals surface area contributed by atoms with Gasteiger partial charge in [0.15, 0.2) is 5.60 Å². The third-order valence-corrected chi connectivity index (χ3v) is 12.1. The number of ether oxygens (including phenoxy) is 1. The number of esters is 1. The molecule has 12 heteroatoms. The Labute approximate surface area is 271 Å². The summed E-state index contributed by atoms with van der Waals surface area (Å²) in [6.45, 7) is 5.60. The van der Waals surface area contributed by atoms with Gasteiger partial charge in [-0.25, -0.2) is 9.07 Å². The van der Waals surface area contributed by atoms with Crippen LogP contribution in [-0.2, 0) is 25.5 Å². The summed E-state index contributed by atoms with van der Waals surface area (Å²) in [4.78, 5) is 49.9. The van der Waals surface area contributed by atoms with Gasteiger partial charge in [0, 0.05) is 17.4 Å². The molecule has 6 rings (SSSR count). The van der Waals surface area contributed by atoms with Gasteiger partial charge in [0.2, 0.25) is 11.0 Å². The smallest absolute Gasteiger partial charge is 0.306 e. The molecule has 0 aliphatic heterocycles. The molecule has 7 atom stereocenters. The molecule has 1 aromatic carbocycles. The Morgan fingerprint density at radius 1 is 1.24 bits per heavy atom. The van der Waals surface area contributed by atoms with Crippen LogP contribution in [0.3, 0.4) is 0 Å². The molecular formula is C34H41FN4O6S.